The molecule has 0 atom stereocenters. The monoisotopic (exact) mass is 730 g/mol. The summed E-state index contributed by atoms with van der Waals surface area (Å²) < 4.78 is 22.9. The summed E-state index contributed by atoms with van der Waals surface area (Å²) in [6.07, 6.45) is 1.36. The number of carbonyl (C=O) groups excluding carboxylic acids is 2. The van der Waals surface area contributed by atoms with Crippen LogP contribution < -0.4 is 24.4 Å². The van der Waals surface area contributed by atoms with E-state index < -0.39 is 11.9 Å². The topological polar surface area (TPSA) is 135 Å². The van der Waals surface area contributed by atoms with Crippen LogP contribution in [0.4, 0.5) is 0 Å². The molecule has 0 radical (unpaired) electrons. The van der Waals surface area contributed by atoms with Crippen molar-refractivity contribution in [3.63, 3.8) is 0 Å². The third-order valence-corrected chi connectivity index (χ3v) is 7.79. The van der Waals surface area contributed by atoms with Gasteiger partial charge in [0.25, 0.3) is 5.91 Å². The maximum Gasteiger partial charge on any atom is 0.343 e. The number of aromatic nitrogens is 1. The number of H-pyrrole nitrogens is 1. The lowest BCUT2D eigenvalue weighted by molar-refractivity contribution is 0.0732. The van der Waals surface area contributed by atoms with Gasteiger partial charge in [-0.3, -0.25) is 4.79 Å². The van der Waals surface area contributed by atoms with E-state index in [1.165, 1.54) is 39.7 Å². The standard InChI is InChI=1S/C33H24Br2N4O6/c1-42-25-13-20(14-26(43-2)31(25)44-3)33(41)45-30-21(12-22(34)15-24(30)35)17-37-39-32(40)29-27(18-8-5-4-6-9-18)23-11-7-10-19(16-36)28(23)38-29/h4-15,17,38H,1-3H3,(H,39,40). The van der Waals surface area contributed by atoms with Crippen LogP contribution in [0.15, 0.2) is 86.8 Å². The molecular formula is C33H24Br2N4O6. The molecule has 4 aromatic carbocycles. The van der Waals surface area contributed by atoms with Gasteiger partial charge in [-0.1, -0.05) is 58.4 Å². The molecule has 5 rings (SSSR count). The number of rotatable bonds is 9. The number of halogens is 2. The molecule has 10 nitrogen and oxygen atoms in total. The third-order valence-electron chi connectivity index (χ3n) is 6.75. The minimum absolute atomic E-state index is 0.152. The summed E-state index contributed by atoms with van der Waals surface area (Å²) in [5.74, 6) is -0.165. The molecule has 1 heterocycles. The highest BCUT2D eigenvalue weighted by Gasteiger charge is 2.22. The number of para-hydroxylation sites is 1. The Morgan fingerprint density at radius 1 is 0.911 bits per heavy atom. The summed E-state index contributed by atoms with van der Waals surface area (Å²) in [4.78, 5) is 29.9. The molecule has 0 spiro atoms. The fourth-order valence-electron chi connectivity index (χ4n) is 4.74. The van der Waals surface area contributed by atoms with Crippen molar-refractivity contribution >= 4 is 60.9 Å². The van der Waals surface area contributed by atoms with Crippen LogP contribution in [0, 0.1) is 11.3 Å². The van der Waals surface area contributed by atoms with Crippen molar-refractivity contribution in [1.82, 2.24) is 10.4 Å². The van der Waals surface area contributed by atoms with Gasteiger partial charge in [0.1, 0.15) is 11.8 Å². The second-order valence-electron chi connectivity index (χ2n) is 9.39. The predicted octanol–water partition coefficient (Wildman–Crippen LogP) is 7.24. The van der Waals surface area contributed by atoms with Gasteiger partial charge in [0.2, 0.25) is 5.75 Å². The SMILES string of the molecule is COc1cc(C(=O)Oc2c(Br)cc(Br)cc2C=NNC(=O)c2[nH]c3c(C#N)cccc3c2-c2ccccc2)cc(OC)c1OC. The number of hydrogen-bond donors (Lipinski definition) is 2. The Kier molecular flexibility index (Phi) is 9.51. The zero-order chi connectivity index (χ0) is 32.1. The van der Waals surface area contributed by atoms with Gasteiger partial charge in [-0.15, -0.1) is 0 Å². The lowest BCUT2D eigenvalue weighted by Gasteiger charge is -2.15. The van der Waals surface area contributed by atoms with Crippen LogP contribution in [0.1, 0.15) is 32.0 Å². The van der Waals surface area contributed by atoms with Gasteiger partial charge in [-0.25, -0.2) is 10.2 Å². The molecule has 226 valence electrons. The molecule has 0 bridgehead atoms. The zero-order valence-electron chi connectivity index (χ0n) is 24.1. The first kappa shape index (κ1) is 31.3. The number of hydrazone groups is 1. The van der Waals surface area contributed by atoms with Crippen LogP contribution in [-0.4, -0.2) is 44.4 Å². The van der Waals surface area contributed by atoms with E-state index in [0.717, 1.165) is 10.9 Å². The summed E-state index contributed by atoms with van der Waals surface area (Å²) in [7, 11) is 4.36. The molecule has 2 N–H and O–H groups in total. The Morgan fingerprint density at radius 3 is 2.27 bits per heavy atom. The van der Waals surface area contributed by atoms with Crippen LogP contribution in [0.3, 0.4) is 0 Å². The molecule has 1 amide bonds. The summed E-state index contributed by atoms with van der Waals surface area (Å²) in [5.41, 5.74) is 5.70. The van der Waals surface area contributed by atoms with E-state index in [2.05, 4.69) is 53.4 Å². The lowest BCUT2D eigenvalue weighted by atomic mass is 10.0. The van der Waals surface area contributed by atoms with Crippen LogP contribution in [0.2, 0.25) is 0 Å². The third kappa shape index (κ3) is 6.40. The van der Waals surface area contributed by atoms with Gasteiger partial charge >= 0.3 is 5.97 Å². The number of aromatic amines is 1. The molecule has 0 aliphatic rings. The van der Waals surface area contributed by atoms with E-state index in [9.17, 15) is 14.9 Å². The molecule has 0 aliphatic carbocycles. The van der Waals surface area contributed by atoms with Crippen molar-refractivity contribution in [1.29, 1.82) is 5.26 Å². The highest BCUT2D eigenvalue weighted by molar-refractivity contribution is 9.11. The summed E-state index contributed by atoms with van der Waals surface area (Å²) in [5, 5.41) is 14.5. The van der Waals surface area contributed by atoms with Crippen LogP contribution >= 0.6 is 31.9 Å². The van der Waals surface area contributed by atoms with Crippen molar-refractivity contribution in [2.75, 3.05) is 21.3 Å². The van der Waals surface area contributed by atoms with Crippen molar-refractivity contribution in [3.8, 4) is 40.2 Å². The Morgan fingerprint density at radius 2 is 1.62 bits per heavy atom. The van der Waals surface area contributed by atoms with E-state index in [1.807, 2.05) is 36.4 Å². The first-order valence-corrected chi connectivity index (χ1v) is 14.8. The second kappa shape index (κ2) is 13.7. The van der Waals surface area contributed by atoms with E-state index in [-0.39, 0.29) is 28.5 Å². The molecule has 0 saturated heterocycles. The van der Waals surface area contributed by atoms with Gasteiger partial charge in [-0.05, 0) is 51.8 Å². The van der Waals surface area contributed by atoms with Gasteiger partial charge in [0, 0.05) is 21.0 Å². The molecule has 5 aromatic rings. The maximum absolute atomic E-state index is 13.5. The smallest absolute Gasteiger partial charge is 0.343 e. The number of nitrogens with zero attached hydrogens (tertiary/aromatic N) is 2. The summed E-state index contributed by atoms with van der Waals surface area (Å²) in [6, 6.07) is 23.2. The first-order valence-electron chi connectivity index (χ1n) is 13.2. The number of nitriles is 1. The fraction of sp³-hybridized carbons (Fsp3) is 0.0909. The van der Waals surface area contributed by atoms with Crippen LogP contribution in [0.5, 0.6) is 23.0 Å². The molecule has 12 heteroatoms. The van der Waals surface area contributed by atoms with Gasteiger partial charge in [-0.2, -0.15) is 10.4 Å². The zero-order valence-corrected chi connectivity index (χ0v) is 27.3. The van der Waals surface area contributed by atoms with Gasteiger partial charge in [0.05, 0.1) is 48.7 Å². The minimum Gasteiger partial charge on any atom is -0.493 e. The molecule has 0 unspecified atom stereocenters. The first-order chi connectivity index (χ1) is 21.8. The van der Waals surface area contributed by atoms with Crippen LogP contribution in [0.25, 0.3) is 22.0 Å². The predicted molar refractivity (Wildman–Crippen MR) is 176 cm³/mol. The van der Waals surface area contributed by atoms with Crippen molar-refractivity contribution in [3.05, 3.63) is 104 Å². The number of esters is 1. The number of nitrogens with one attached hydrogen (secondary N) is 2. The molecule has 1 aromatic heterocycles. The largest absolute Gasteiger partial charge is 0.493 e. The molecule has 0 aliphatic heterocycles. The summed E-state index contributed by atoms with van der Waals surface area (Å²) >= 11 is 6.89. The number of methoxy groups -OCH3 is 3. The highest BCUT2D eigenvalue weighted by Crippen LogP contribution is 2.39. The lowest BCUT2D eigenvalue weighted by Crippen LogP contribution is -2.19. The van der Waals surface area contributed by atoms with Gasteiger partial charge in [0.15, 0.2) is 17.2 Å². The van der Waals surface area contributed by atoms with Crippen molar-refractivity contribution < 1.29 is 28.5 Å². The van der Waals surface area contributed by atoms with E-state index in [1.54, 1.807) is 24.3 Å². The molecule has 0 fully saturated rings. The minimum atomic E-state index is -0.699. The number of fused-ring (bicyclic) bond motifs is 1. The van der Waals surface area contributed by atoms with Crippen molar-refractivity contribution in [2.45, 2.75) is 0 Å². The average molecular weight is 732 g/mol. The maximum atomic E-state index is 13.5. The van der Waals surface area contributed by atoms with Gasteiger partial charge < -0.3 is 23.9 Å². The van der Waals surface area contributed by atoms with E-state index >= 15 is 0 Å². The Labute approximate surface area is 274 Å². The molecule has 0 saturated carbocycles. The average Bonchev–Trinajstić information content (AvgIpc) is 3.45. The molecular weight excluding hydrogens is 708 g/mol. The number of hydrogen-bond acceptors (Lipinski definition) is 8. The summed E-state index contributed by atoms with van der Waals surface area (Å²) in [6.45, 7) is 0. The molecule has 45 heavy (non-hydrogen) atoms. The normalized spacial score (nSPS) is 10.8. The van der Waals surface area contributed by atoms with Crippen molar-refractivity contribution in [2.24, 2.45) is 5.10 Å². The number of ether oxygens (including phenoxy) is 4. The number of amides is 1. The van der Waals surface area contributed by atoms with Crippen LogP contribution in [-0.2, 0) is 0 Å². The Bertz CT molecular complexity index is 1980. The Balaban J connectivity index is 1.46. The number of benzene rings is 4. The second-order valence-corrected chi connectivity index (χ2v) is 11.2. The highest BCUT2D eigenvalue weighted by atomic mass is 79.9. The fourth-order valence-corrected chi connectivity index (χ4v) is 6.08. The van der Waals surface area contributed by atoms with E-state index in [0.29, 0.717) is 36.9 Å². The quantitative estimate of drug-likeness (QED) is 0.0706. The number of carbonyl (C=O) groups is 2. The Hall–Kier alpha value is -5.12. The van der Waals surface area contributed by atoms with E-state index in [4.69, 9.17) is 18.9 Å².